The van der Waals surface area contributed by atoms with E-state index >= 15 is 4.39 Å². The molecule has 5 heteroatoms. The van der Waals surface area contributed by atoms with Gasteiger partial charge in [0.1, 0.15) is 0 Å². The van der Waals surface area contributed by atoms with Gasteiger partial charge in [-0.1, -0.05) is 19.9 Å². The molecule has 3 nitrogen and oxygen atoms in total. The van der Waals surface area contributed by atoms with Crippen LogP contribution in [0.15, 0.2) is 23.8 Å². The van der Waals surface area contributed by atoms with Crippen molar-refractivity contribution in [3.8, 4) is 0 Å². The molecule has 4 rings (SSSR count). The molecular weight excluding hydrogens is 343 g/mol. The van der Waals surface area contributed by atoms with Gasteiger partial charge >= 0.3 is 0 Å². The molecule has 25 heavy (non-hydrogen) atoms. The van der Waals surface area contributed by atoms with Gasteiger partial charge in [-0.2, -0.15) is 0 Å². The molecular formula is C20H26ClFO3. The van der Waals surface area contributed by atoms with Crippen molar-refractivity contribution in [2.24, 2.45) is 28.6 Å². The fourth-order valence-corrected chi connectivity index (χ4v) is 7.03. The van der Waals surface area contributed by atoms with Gasteiger partial charge in [0.25, 0.3) is 0 Å². The maximum Gasteiger partial charge on any atom is 0.178 e. The van der Waals surface area contributed by atoms with Crippen molar-refractivity contribution >= 4 is 17.4 Å². The van der Waals surface area contributed by atoms with Crippen molar-refractivity contribution in [1.29, 1.82) is 0 Å². The predicted octanol–water partition coefficient (Wildman–Crippen LogP) is 3.18. The van der Waals surface area contributed by atoms with Gasteiger partial charge in [-0.3, -0.25) is 4.79 Å². The lowest BCUT2D eigenvalue weighted by atomic mass is 9.45. The van der Waals surface area contributed by atoms with E-state index < -0.39 is 40.0 Å². The molecule has 3 saturated carbocycles. The zero-order valence-corrected chi connectivity index (χ0v) is 15.6. The Bertz CT molecular complexity index is 690. The highest BCUT2D eigenvalue weighted by Crippen LogP contribution is 2.68. The summed E-state index contributed by atoms with van der Waals surface area (Å²) in [6, 6.07) is 0. The zero-order chi connectivity index (χ0) is 18.4. The van der Waals surface area contributed by atoms with Crippen LogP contribution in [0.1, 0.15) is 40.0 Å². The number of halogens is 2. The van der Waals surface area contributed by atoms with Gasteiger partial charge < -0.3 is 10.2 Å². The molecule has 0 radical (unpaired) electrons. The van der Waals surface area contributed by atoms with Crippen molar-refractivity contribution in [3.63, 3.8) is 0 Å². The highest BCUT2D eigenvalue weighted by atomic mass is 35.5. The second-order valence-corrected chi connectivity index (χ2v) is 9.63. The number of aliphatic hydroxyl groups is 2. The van der Waals surface area contributed by atoms with Crippen LogP contribution in [0, 0.1) is 28.6 Å². The number of ketones is 1. The Hall–Kier alpha value is -0.710. The first-order chi connectivity index (χ1) is 11.6. The molecule has 4 aliphatic rings. The van der Waals surface area contributed by atoms with Crippen LogP contribution in [-0.2, 0) is 4.79 Å². The molecule has 0 bridgehead atoms. The van der Waals surface area contributed by atoms with Gasteiger partial charge in [0.2, 0.25) is 0 Å². The molecule has 3 fully saturated rings. The Morgan fingerprint density at radius 2 is 1.92 bits per heavy atom. The molecule has 0 aromatic carbocycles. The van der Waals surface area contributed by atoms with E-state index in [9.17, 15) is 15.0 Å². The smallest absolute Gasteiger partial charge is 0.178 e. The fraction of sp³-hybridized carbons (Fsp3) is 0.750. The molecule has 0 spiro atoms. The van der Waals surface area contributed by atoms with Gasteiger partial charge in [-0.25, -0.2) is 4.39 Å². The van der Waals surface area contributed by atoms with Crippen LogP contribution in [0.5, 0.6) is 0 Å². The number of carbonyl (C=O) groups excluding carboxylic acids is 1. The second kappa shape index (κ2) is 5.17. The molecule has 0 heterocycles. The number of carbonyl (C=O) groups is 1. The van der Waals surface area contributed by atoms with E-state index in [-0.39, 0.29) is 24.0 Å². The van der Waals surface area contributed by atoms with Gasteiger partial charge in [0.05, 0.1) is 17.6 Å². The predicted molar refractivity (Wildman–Crippen MR) is 93.9 cm³/mol. The van der Waals surface area contributed by atoms with E-state index in [4.69, 9.17) is 11.6 Å². The molecule has 0 aliphatic heterocycles. The van der Waals surface area contributed by atoms with Crippen LogP contribution in [0.2, 0.25) is 0 Å². The summed E-state index contributed by atoms with van der Waals surface area (Å²) in [5, 5.41) is 21.2. The third-order valence-corrected chi connectivity index (χ3v) is 8.32. The molecule has 0 amide bonds. The van der Waals surface area contributed by atoms with Crippen LogP contribution in [0.3, 0.4) is 0 Å². The van der Waals surface area contributed by atoms with Crippen LogP contribution in [0.25, 0.3) is 0 Å². The summed E-state index contributed by atoms with van der Waals surface area (Å²) < 4.78 is 16.7. The summed E-state index contributed by atoms with van der Waals surface area (Å²) in [6.07, 6.45) is 4.05. The minimum atomic E-state index is -1.88. The zero-order valence-electron chi connectivity index (χ0n) is 14.9. The monoisotopic (exact) mass is 368 g/mol. The maximum absolute atomic E-state index is 16.7. The molecule has 0 unspecified atom stereocenters. The number of allylic oxidation sites excluding steroid dienone is 4. The van der Waals surface area contributed by atoms with E-state index in [1.54, 1.807) is 13.0 Å². The first kappa shape index (κ1) is 17.7. The van der Waals surface area contributed by atoms with Crippen molar-refractivity contribution < 1.29 is 19.4 Å². The molecule has 2 N–H and O–H groups in total. The summed E-state index contributed by atoms with van der Waals surface area (Å²) in [5.41, 5.74) is -2.89. The van der Waals surface area contributed by atoms with E-state index in [0.29, 0.717) is 12.0 Å². The Morgan fingerprint density at radius 1 is 1.24 bits per heavy atom. The van der Waals surface area contributed by atoms with E-state index in [2.05, 4.69) is 0 Å². The Morgan fingerprint density at radius 3 is 2.60 bits per heavy atom. The number of alkyl halides is 2. The topological polar surface area (TPSA) is 57.5 Å². The first-order valence-corrected chi connectivity index (χ1v) is 9.63. The van der Waals surface area contributed by atoms with Crippen molar-refractivity contribution in [3.05, 3.63) is 23.8 Å². The summed E-state index contributed by atoms with van der Waals surface area (Å²) in [4.78, 5) is 11.8. The minimum Gasteiger partial charge on any atom is -0.392 e. The SMILES string of the molecule is C[C@@H]1C[C@H]2[C@@H]3C[C@H](Cl)C4=CC(=O)C=C[C@]4(C)[C@@]3(F)[C@@H](O)C[C@]2(C)[C@@H]1O. The van der Waals surface area contributed by atoms with Crippen LogP contribution in [0.4, 0.5) is 4.39 Å². The van der Waals surface area contributed by atoms with Gasteiger partial charge in [-0.05, 0) is 61.2 Å². The Labute approximate surface area is 152 Å². The van der Waals surface area contributed by atoms with Crippen LogP contribution in [-0.4, -0.2) is 39.3 Å². The molecule has 4 aliphatic carbocycles. The summed E-state index contributed by atoms with van der Waals surface area (Å²) >= 11 is 6.62. The van der Waals surface area contributed by atoms with Gasteiger partial charge in [-0.15, -0.1) is 11.6 Å². The Kier molecular flexibility index (Phi) is 3.66. The minimum absolute atomic E-state index is 0.0310. The van der Waals surface area contributed by atoms with Gasteiger partial charge in [0.15, 0.2) is 11.5 Å². The summed E-state index contributed by atoms with van der Waals surface area (Å²) in [5.74, 6) is -0.577. The summed E-state index contributed by atoms with van der Waals surface area (Å²) in [6.45, 7) is 5.73. The van der Waals surface area contributed by atoms with E-state index in [1.165, 1.54) is 12.2 Å². The molecule has 138 valence electrons. The maximum atomic E-state index is 16.7. The quantitative estimate of drug-likeness (QED) is 0.646. The lowest BCUT2D eigenvalue weighted by Gasteiger charge is -2.62. The second-order valence-electron chi connectivity index (χ2n) is 9.11. The number of aliphatic hydroxyl groups excluding tert-OH is 2. The Balaban J connectivity index is 1.86. The molecule has 9 atom stereocenters. The number of rotatable bonds is 0. The molecule has 0 aromatic rings. The van der Waals surface area contributed by atoms with Crippen molar-refractivity contribution in [2.75, 3.05) is 0 Å². The van der Waals surface area contributed by atoms with Crippen molar-refractivity contribution in [1.82, 2.24) is 0 Å². The first-order valence-electron chi connectivity index (χ1n) is 9.20. The lowest BCUT2D eigenvalue weighted by molar-refractivity contribution is -0.200. The van der Waals surface area contributed by atoms with E-state index in [1.807, 2.05) is 13.8 Å². The average Bonchev–Trinajstić information content (AvgIpc) is 2.76. The number of fused-ring (bicyclic) bond motifs is 5. The number of hydrogen-bond donors (Lipinski definition) is 2. The lowest BCUT2D eigenvalue weighted by Crippen LogP contribution is -2.68. The average molecular weight is 369 g/mol. The fourth-order valence-electron chi connectivity index (χ4n) is 6.55. The van der Waals surface area contributed by atoms with Gasteiger partial charge in [0, 0.05) is 11.3 Å². The number of hydrogen-bond acceptors (Lipinski definition) is 3. The van der Waals surface area contributed by atoms with Crippen molar-refractivity contribution in [2.45, 2.75) is 63.3 Å². The van der Waals surface area contributed by atoms with Crippen LogP contribution < -0.4 is 0 Å². The third kappa shape index (κ3) is 1.97. The summed E-state index contributed by atoms with van der Waals surface area (Å²) in [7, 11) is 0. The normalized spacial score (nSPS) is 57.6. The third-order valence-electron chi connectivity index (χ3n) is 7.90. The molecule has 0 aromatic heterocycles. The largest absolute Gasteiger partial charge is 0.392 e. The molecule has 0 saturated heterocycles. The van der Waals surface area contributed by atoms with E-state index in [0.717, 1.165) is 6.42 Å². The standard InChI is InChI=1S/C20H26ClFO3/c1-10-6-12-13-8-15(21)14-7-11(23)4-5-19(14,3)20(13,22)16(24)9-18(12,2)17(10)25/h4-5,7,10,12-13,15-17,24-25H,6,8-9H2,1-3H3/t10-,12+,13+,15+,16+,17-,18+,19+,20+/m1/s1. The highest BCUT2D eigenvalue weighted by Gasteiger charge is 2.72. The highest BCUT2D eigenvalue weighted by molar-refractivity contribution is 6.23. The van der Waals surface area contributed by atoms with Crippen LogP contribution >= 0.6 is 11.6 Å².